The molecule has 5 aromatic rings. The van der Waals surface area contributed by atoms with Gasteiger partial charge in [0.25, 0.3) is 0 Å². The lowest BCUT2D eigenvalue weighted by molar-refractivity contribution is 0.00517. The molecular formula is C34H33BrN2O2. The van der Waals surface area contributed by atoms with Crippen molar-refractivity contribution in [2.45, 2.75) is 17.9 Å². The van der Waals surface area contributed by atoms with E-state index in [0.717, 1.165) is 43.1 Å². The highest BCUT2D eigenvalue weighted by atomic mass is 79.9. The predicted molar refractivity (Wildman–Crippen MR) is 163 cm³/mol. The fourth-order valence-electron chi connectivity index (χ4n) is 5.46. The fraction of sp³-hybridized carbons (Fsp3) is 0.206. The van der Waals surface area contributed by atoms with Crippen LogP contribution in [-0.2, 0) is 5.60 Å². The maximum Gasteiger partial charge on any atom is 0.217 e. The van der Waals surface area contributed by atoms with Gasteiger partial charge in [0.15, 0.2) is 0 Å². The summed E-state index contributed by atoms with van der Waals surface area (Å²) < 4.78 is 6.86. The quantitative estimate of drug-likeness (QED) is 0.194. The number of hydrogen-bond acceptors (Lipinski definition) is 4. The summed E-state index contributed by atoms with van der Waals surface area (Å²) in [6.45, 7) is 0.699. The zero-order valence-electron chi connectivity index (χ0n) is 22.5. The van der Waals surface area contributed by atoms with Crippen LogP contribution in [0.3, 0.4) is 0 Å². The first kappa shape index (κ1) is 27.1. The van der Waals surface area contributed by atoms with E-state index in [4.69, 9.17) is 9.72 Å². The lowest BCUT2D eigenvalue weighted by atomic mass is 9.70. The maximum absolute atomic E-state index is 13.1. The van der Waals surface area contributed by atoms with Crippen LogP contribution in [0.5, 0.6) is 5.88 Å². The van der Waals surface area contributed by atoms with E-state index >= 15 is 0 Å². The summed E-state index contributed by atoms with van der Waals surface area (Å²) in [6.07, 6.45) is 2.35. The van der Waals surface area contributed by atoms with Crippen LogP contribution in [-0.4, -0.2) is 42.7 Å². The number of ether oxygens (including phenoxy) is 1. The van der Waals surface area contributed by atoms with Gasteiger partial charge in [-0.05, 0) is 66.2 Å². The summed E-state index contributed by atoms with van der Waals surface area (Å²) >= 11 is 3.60. The van der Waals surface area contributed by atoms with Crippen LogP contribution in [0.25, 0.3) is 21.9 Å². The van der Waals surface area contributed by atoms with Gasteiger partial charge in [-0.25, -0.2) is 4.98 Å². The van der Waals surface area contributed by atoms with Crippen molar-refractivity contribution in [2.24, 2.45) is 0 Å². The number of rotatable bonds is 9. The van der Waals surface area contributed by atoms with E-state index in [1.165, 1.54) is 0 Å². The Morgan fingerprint density at radius 2 is 1.59 bits per heavy atom. The minimum absolute atomic E-state index is 0.445. The topological polar surface area (TPSA) is 45.6 Å². The summed E-state index contributed by atoms with van der Waals surface area (Å²) in [7, 11) is 5.72. The summed E-state index contributed by atoms with van der Waals surface area (Å²) in [5, 5.41) is 15.2. The summed E-state index contributed by atoms with van der Waals surface area (Å²) in [5.41, 5.74) is 3.47. The molecule has 0 saturated carbocycles. The van der Waals surface area contributed by atoms with E-state index in [2.05, 4.69) is 75.4 Å². The molecule has 0 amide bonds. The molecule has 0 radical (unpaired) electrons. The van der Waals surface area contributed by atoms with Crippen LogP contribution >= 0.6 is 15.9 Å². The van der Waals surface area contributed by atoms with E-state index in [9.17, 15) is 5.11 Å². The molecule has 1 aromatic heterocycles. The Labute approximate surface area is 239 Å². The van der Waals surface area contributed by atoms with Gasteiger partial charge >= 0.3 is 0 Å². The largest absolute Gasteiger partial charge is 0.481 e. The highest BCUT2D eigenvalue weighted by Crippen LogP contribution is 2.49. The van der Waals surface area contributed by atoms with Crippen LogP contribution in [0, 0.1) is 0 Å². The standard InChI is InChI=1S/C34H33BrN2O2/c1-37(2)20-19-34(38,31-18-10-14-24-11-7-8-17-29(24)31)32(25-12-5-4-6-13-25)30-22-27(23-36-33(30)39-3)26-15-9-16-28(35)21-26/h4-18,21-23,32,38H,19-20H2,1-3H3. The van der Waals surface area contributed by atoms with E-state index < -0.39 is 11.5 Å². The van der Waals surface area contributed by atoms with E-state index in [0.29, 0.717) is 18.8 Å². The molecule has 0 aliphatic rings. The van der Waals surface area contributed by atoms with Gasteiger partial charge in [-0.2, -0.15) is 0 Å². The van der Waals surface area contributed by atoms with Gasteiger partial charge in [0.2, 0.25) is 5.88 Å². The number of aromatic nitrogens is 1. The Hall–Kier alpha value is -3.51. The Morgan fingerprint density at radius 1 is 0.872 bits per heavy atom. The molecule has 39 heavy (non-hydrogen) atoms. The average Bonchev–Trinajstić information content (AvgIpc) is 2.96. The molecule has 0 aliphatic heterocycles. The van der Waals surface area contributed by atoms with Crippen molar-refractivity contribution >= 4 is 26.7 Å². The molecule has 0 fully saturated rings. The first-order chi connectivity index (χ1) is 18.9. The van der Waals surface area contributed by atoms with E-state index in [1.54, 1.807) is 7.11 Å². The zero-order valence-corrected chi connectivity index (χ0v) is 24.1. The van der Waals surface area contributed by atoms with Crippen LogP contribution in [0.1, 0.15) is 29.0 Å². The number of halogens is 1. The molecule has 0 aliphatic carbocycles. The lowest BCUT2D eigenvalue weighted by Gasteiger charge is -2.39. The number of benzene rings is 4. The number of aliphatic hydroxyl groups is 1. The second-order valence-electron chi connectivity index (χ2n) is 10.2. The van der Waals surface area contributed by atoms with Gasteiger partial charge < -0.3 is 14.7 Å². The molecule has 0 spiro atoms. The SMILES string of the molecule is COc1ncc(-c2cccc(Br)c2)cc1C(c1ccccc1)C(O)(CCN(C)C)c1cccc2ccccc12. The van der Waals surface area contributed by atoms with Crippen molar-refractivity contribution in [1.82, 2.24) is 9.88 Å². The molecule has 4 nitrogen and oxygen atoms in total. The van der Waals surface area contributed by atoms with Crippen molar-refractivity contribution in [2.75, 3.05) is 27.7 Å². The summed E-state index contributed by atoms with van der Waals surface area (Å²) in [4.78, 5) is 6.87. The van der Waals surface area contributed by atoms with Gasteiger partial charge in [-0.15, -0.1) is 0 Å². The lowest BCUT2D eigenvalue weighted by Crippen LogP contribution is -2.38. The van der Waals surface area contributed by atoms with Crippen molar-refractivity contribution in [3.8, 4) is 17.0 Å². The monoisotopic (exact) mass is 580 g/mol. The molecule has 4 aromatic carbocycles. The number of methoxy groups -OCH3 is 1. The smallest absolute Gasteiger partial charge is 0.217 e. The zero-order chi connectivity index (χ0) is 27.4. The fourth-order valence-corrected chi connectivity index (χ4v) is 5.86. The third-order valence-electron chi connectivity index (χ3n) is 7.35. The Balaban J connectivity index is 1.81. The second-order valence-corrected chi connectivity index (χ2v) is 11.1. The highest BCUT2D eigenvalue weighted by molar-refractivity contribution is 9.10. The van der Waals surface area contributed by atoms with Gasteiger partial charge in [0.05, 0.1) is 7.11 Å². The molecule has 1 heterocycles. The maximum atomic E-state index is 13.1. The number of hydrogen-bond donors (Lipinski definition) is 1. The molecule has 5 rings (SSSR count). The average molecular weight is 582 g/mol. The predicted octanol–water partition coefficient (Wildman–Crippen LogP) is 7.64. The number of fused-ring (bicyclic) bond motifs is 1. The molecule has 5 heteroatoms. The van der Waals surface area contributed by atoms with Crippen molar-refractivity contribution in [1.29, 1.82) is 0 Å². The van der Waals surface area contributed by atoms with Gasteiger partial charge in [-0.3, -0.25) is 0 Å². The molecule has 2 atom stereocenters. The van der Waals surface area contributed by atoms with Crippen molar-refractivity contribution in [3.63, 3.8) is 0 Å². The summed E-state index contributed by atoms with van der Waals surface area (Å²) in [5.74, 6) is 0.0603. The Morgan fingerprint density at radius 3 is 2.33 bits per heavy atom. The Kier molecular flexibility index (Phi) is 8.12. The Bertz CT molecular complexity index is 1570. The third-order valence-corrected chi connectivity index (χ3v) is 7.84. The number of pyridine rings is 1. The third kappa shape index (κ3) is 5.62. The molecule has 198 valence electrons. The van der Waals surface area contributed by atoms with Crippen molar-refractivity contribution in [3.05, 3.63) is 130 Å². The van der Waals surface area contributed by atoms with Crippen LogP contribution in [0.2, 0.25) is 0 Å². The van der Waals surface area contributed by atoms with Crippen LogP contribution < -0.4 is 4.74 Å². The van der Waals surface area contributed by atoms with Gasteiger partial charge in [-0.1, -0.05) is 101 Å². The van der Waals surface area contributed by atoms with Crippen LogP contribution in [0.15, 0.2) is 114 Å². The molecule has 1 N–H and O–H groups in total. The van der Waals surface area contributed by atoms with E-state index in [-0.39, 0.29) is 0 Å². The first-order valence-electron chi connectivity index (χ1n) is 13.1. The van der Waals surface area contributed by atoms with Crippen LogP contribution in [0.4, 0.5) is 0 Å². The van der Waals surface area contributed by atoms with Gasteiger partial charge in [0, 0.05) is 34.3 Å². The molecule has 0 saturated heterocycles. The minimum atomic E-state index is -1.27. The van der Waals surface area contributed by atoms with Gasteiger partial charge in [0.1, 0.15) is 5.60 Å². The van der Waals surface area contributed by atoms with Crippen molar-refractivity contribution < 1.29 is 9.84 Å². The minimum Gasteiger partial charge on any atom is -0.481 e. The molecular weight excluding hydrogens is 548 g/mol. The normalized spacial score (nSPS) is 13.8. The number of nitrogens with zero attached hydrogens (tertiary/aromatic N) is 2. The molecule has 0 bridgehead atoms. The summed E-state index contributed by atoms with van der Waals surface area (Å²) in [6, 6.07) is 35.0. The highest BCUT2D eigenvalue weighted by Gasteiger charge is 2.43. The molecule has 2 unspecified atom stereocenters. The first-order valence-corrected chi connectivity index (χ1v) is 13.9. The van der Waals surface area contributed by atoms with E-state index in [1.807, 2.05) is 68.8 Å². The second kappa shape index (κ2) is 11.7.